The first-order valence-corrected chi connectivity index (χ1v) is 4.65. The first kappa shape index (κ1) is 11.4. The highest BCUT2D eigenvalue weighted by Gasteiger charge is 2.24. The molecule has 0 aromatic heterocycles. The first-order valence-electron chi connectivity index (χ1n) is 4.65. The Morgan fingerprint density at radius 2 is 1.93 bits per heavy atom. The van der Waals surface area contributed by atoms with Crippen LogP contribution in [-0.4, -0.2) is 11.7 Å². The van der Waals surface area contributed by atoms with E-state index in [1.807, 2.05) is 6.07 Å². The van der Waals surface area contributed by atoms with Crippen molar-refractivity contribution in [1.82, 2.24) is 0 Å². The van der Waals surface area contributed by atoms with Gasteiger partial charge in [0.25, 0.3) is 0 Å². The number of nitrogens with two attached hydrogens (primary N) is 2. The van der Waals surface area contributed by atoms with E-state index in [1.54, 1.807) is 18.2 Å². The summed E-state index contributed by atoms with van der Waals surface area (Å²) in [5.41, 5.74) is 12.1. The van der Waals surface area contributed by atoms with Crippen LogP contribution >= 0.6 is 0 Å². The van der Waals surface area contributed by atoms with Gasteiger partial charge in [0.15, 0.2) is 0 Å². The van der Waals surface area contributed by atoms with Gasteiger partial charge in [0.05, 0.1) is 0 Å². The minimum Gasteiger partial charge on any atom is -0.369 e. The second-order valence-corrected chi connectivity index (χ2v) is 3.35. The van der Waals surface area contributed by atoms with Gasteiger partial charge in [-0.2, -0.15) is 0 Å². The molecule has 1 unspecified atom stereocenters. The Labute approximate surface area is 88.3 Å². The molecule has 1 aromatic rings. The number of Topliss-reactive ketones (excluding diaryl/α,β-unsaturated/α-hetero) is 1. The van der Waals surface area contributed by atoms with Crippen molar-refractivity contribution in [1.29, 1.82) is 0 Å². The molecule has 4 N–H and O–H groups in total. The zero-order valence-corrected chi connectivity index (χ0v) is 8.57. The predicted octanol–water partition coefficient (Wildman–Crippen LogP) is 0.303. The van der Waals surface area contributed by atoms with E-state index in [-0.39, 0.29) is 12.3 Å². The zero-order valence-electron chi connectivity index (χ0n) is 8.57. The van der Waals surface area contributed by atoms with E-state index in [1.165, 1.54) is 6.92 Å². The number of carbonyl (C=O) groups is 2. The number of ketones is 1. The second kappa shape index (κ2) is 4.70. The summed E-state index contributed by atoms with van der Waals surface area (Å²) >= 11 is 0. The largest absolute Gasteiger partial charge is 0.369 e. The van der Waals surface area contributed by atoms with Crippen molar-refractivity contribution in [2.75, 3.05) is 0 Å². The summed E-state index contributed by atoms with van der Waals surface area (Å²) < 4.78 is 0. The van der Waals surface area contributed by atoms with Crippen LogP contribution in [0.3, 0.4) is 0 Å². The fraction of sp³-hybridized carbons (Fsp3) is 0.273. The number of hydrogen-bond donors (Lipinski definition) is 2. The van der Waals surface area contributed by atoms with Gasteiger partial charge >= 0.3 is 0 Å². The van der Waals surface area contributed by atoms with Crippen LogP contribution in [0.5, 0.6) is 0 Å². The van der Waals surface area contributed by atoms with Gasteiger partial charge < -0.3 is 11.5 Å². The zero-order chi connectivity index (χ0) is 11.4. The van der Waals surface area contributed by atoms with E-state index < -0.39 is 11.8 Å². The molecule has 0 fully saturated rings. The molecular formula is C11H14N2O2. The minimum absolute atomic E-state index is 0.261. The Bertz CT molecular complexity index is 374. The number of hydrogen-bond acceptors (Lipinski definition) is 3. The van der Waals surface area contributed by atoms with Crippen LogP contribution in [0.1, 0.15) is 24.0 Å². The summed E-state index contributed by atoms with van der Waals surface area (Å²) in [6.07, 6.45) is 0. The molecular weight excluding hydrogens is 192 g/mol. The van der Waals surface area contributed by atoms with E-state index in [4.69, 9.17) is 11.5 Å². The Morgan fingerprint density at radius 1 is 1.33 bits per heavy atom. The third kappa shape index (κ3) is 2.41. The third-order valence-corrected chi connectivity index (χ3v) is 2.28. The van der Waals surface area contributed by atoms with Gasteiger partial charge in [-0.3, -0.25) is 9.59 Å². The van der Waals surface area contributed by atoms with Crippen LogP contribution in [0.4, 0.5) is 0 Å². The molecule has 0 saturated carbocycles. The molecule has 80 valence electrons. The van der Waals surface area contributed by atoms with Gasteiger partial charge in [-0.1, -0.05) is 24.3 Å². The number of primary amides is 1. The molecule has 4 heteroatoms. The molecule has 15 heavy (non-hydrogen) atoms. The lowest BCUT2D eigenvalue weighted by molar-refractivity contribution is -0.127. The van der Waals surface area contributed by atoms with E-state index in [2.05, 4.69) is 0 Å². The Hall–Kier alpha value is -1.68. The van der Waals surface area contributed by atoms with Crippen molar-refractivity contribution >= 4 is 11.7 Å². The third-order valence-electron chi connectivity index (χ3n) is 2.28. The molecule has 1 atom stereocenters. The molecule has 0 aliphatic heterocycles. The summed E-state index contributed by atoms with van der Waals surface area (Å²) in [6, 6.07) is 7.06. The lowest BCUT2D eigenvalue weighted by Crippen LogP contribution is -2.28. The van der Waals surface area contributed by atoms with Crippen LogP contribution < -0.4 is 11.5 Å². The molecule has 0 heterocycles. The quantitative estimate of drug-likeness (QED) is 0.695. The van der Waals surface area contributed by atoms with E-state index in [0.29, 0.717) is 5.56 Å². The Morgan fingerprint density at radius 3 is 2.40 bits per heavy atom. The van der Waals surface area contributed by atoms with Crippen molar-refractivity contribution in [3.8, 4) is 0 Å². The summed E-state index contributed by atoms with van der Waals surface area (Å²) in [5, 5.41) is 0. The van der Waals surface area contributed by atoms with Crippen molar-refractivity contribution < 1.29 is 9.59 Å². The average molecular weight is 206 g/mol. The molecule has 0 radical (unpaired) electrons. The minimum atomic E-state index is -0.884. The van der Waals surface area contributed by atoms with Crippen molar-refractivity contribution in [2.24, 2.45) is 11.5 Å². The monoisotopic (exact) mass is 206 g/mol. The van der Waals surface area contributed by atoms with Crippen LogP contribution in [0, 0.1) is 0 Å². The number of carbonyl (C=O) groups excluding carboxylic acids is 2. The topological polar surface area (TPSA) is 86.2 Å². The van der Waals surface area contributed by atoms with Gasteiger partial charge in [0.2, 0.25) is 5.91 Å². The Kier molecular flexibility index (Phi) is 3.57. The fourth-order valence-corrected chi connectivity index (χ4v) is 1.57. The average Bonchev–Trinajstić information content (AvgIpc) is 2.17. The highest BCUT2D eigenvalue weighted by molar-refractivity contribution is 6.05. The summed E-state index contributed by atoms with van der Waals surface area (Å²) in [5.74, 6) is -1.78. The van der Waals surface area contributed by atoms with Gasteiger partial charge in [0.1, 0.15) is 11.7 Å². The lowest BCUT2D eigenvalue weighted by Gasteiger charge is -2.13. The van der Waals surface area contributed by atoms with Gasteiger partial charge in [-0.15, -0.1) is 0 Å². The van der Waals surface area contributed by atoms with Crippen LogP contribution in [0.15, 0.2) is 24.3 Å². The van der Waals surface area contributed by atoms with Crippen LogP contribution in [0.25, 0.3) is 0 Å². The van der Waals surface area contributed by atoms with Crippen molar-refractivity contribution in [2.45, 2.75) is 19.4 Å². The molecule has 1 amide bonds. The summed E-state index contributed by atoms with van der Waals surface area (Å²) in [4.78, 5) is 22.5. The van der Waals surface area contributed by atoms with E-state index in [0.717, 1.165) is 5.56 Å². The number of amides is 1. The predicted molar refractivity (Wildman–Crippen MR) is 56.9 cm³/mol. The molecule has 0 spiro atoms. The molecule has 1 aromatic carbocycles. The summed E-state index contributed by atoms with van der Waals surface area (Å²) in [6.45, 7) is 1.63. The first-order chi connectivity index (χ1) is 7.07. The number of rotatable bonds is 4. The van der Waals surface area contributed by atoms with Crippen molar-refractivity contribution in [3.63, 3.8) is 0 Å². The second-order valence-electron chi connectivity index (χ2n) is 3.35. The van der Waals surface area contributed by atoms with E-state index >= 15 is 0 Å². The smallest absolute Gasteiger partial charge is 0.232 e. The van der Waals surface area contributed by atoms with Crippen LogP contribution in [-0.2, 0) is 16.1 Å². The molecule has 0 bridgehead atoms. The normalized spacial score (nSPS) is 12.1. The SMILES string of the molecule is CC(=O)C(C(N)=O)c1ccccc1CN. The van der Waals surface area contributed by atoms with Gasteiger partial charge in [-0.25, -0.2) is 0 Å². The molecule has 4 nitrogen and oxygen atoms in total. The molecule has 0 aliphatic carbocycles. The Balaban J connectivity index is 3.22. The lowest BCUT2D eigenvalue weighted by atomic mass is 9.91. The number of benzene rings is 1. The summed E-state index contributed by atoms with van der Waals surface area (Å²) in [7, 11) is 0. The molecule has 0 saturated heterocycles. The molecule has 0 aliphatic rings. The maximum absolute atomic E-state index is 11.3. The van der Waals surface area contributed by atoms with Crippen LogP contribution in [0.2, 0.25) is 0 Å². The molecule has 1 rings (SSSR count). The highest BCUT2D eigenvalue weighted by atomic mass is 16.2. The maximum Gasteiger partial charge on any atom is 0.232 e. The van der Waals surface area contributed by atoms with E-state index in [9.17, 15) is 9.59 Å². The highest BCUT2D eigenvalue weighted by Crippen LogP contribution is 2.20. The fourth-order valence-electron chi connectivity index (χ4n) is 1.57. The van der Waals surface area contributed by atoms with Crippen molar-refractivity contribution in [3.05, 3.63) is 35.4 Å². The standard InChI is InChI=1S/C11H14N2O2/c1-7(14)10(11(13)15)9-5-3-2-4-8(9)6-12/h2-5,10H,6,12H2,1H3,(H2,13,15). The van der Waals surface area contributed by atoms with Gasteiger partial charge in [-0.05, 0) is 18.1 Å². The van der Waals surface area contributed by atoms with Gasteiger partial charge in [0, 0.05) is 6.54 Å². The maximum atomic E-state index is 11.3.